The summed E-state index contributed by atoms with van der Waals surface area (Å²) in [5, 5.41) is 8.74. The third-order valence-electron chi connectivity index (χ3n) is 6.08. The summed E-state index contributed by atoms with van der Waals surface area (Å²) >= 11 is 0. The Morgan fingerprint density at radius 2 is 2.03 bits per heavy atom. The molecule has 2 aromatic rings. The molecule has 0 radical (unpaired) electrons. The maximum absolute atomic E-state index is 13.0. The van der Waals surface area contributed by atoms with Crippen LogP contribution < -0.4 is 20.7 Å². The predicted octanol–water partition coefficient (Wildman–Crippen LogP) is -0.0599. The number of aromatic nitrogens is 3. The van der Waals surface area contributed by atoms with Gasteiger partial charge in [-0.3, -0.25) is 19.7 Å². The number of amides is 3. The Kier molecular flexibility index (Phi) is 5.17. The number of fused-ring (bicyclic) bond motifs is 1. The molecular formula is C21H23N7O4. The van der Waals surface area contributed by atoms with E-state index in [0.717, 1.165) is 24.2 Å². The topological polar surface area (TPSA) is 138 Å². The van der Waals surface area contributed by atoms with E-state index in [2.05, 4.69) is 30.9 Å². The molecular weight excluding hydrogens is 414 g/mol. The van der Waals surface area contributed by atoms with Crippen molar-refractivity contribution < 1.29 is 19.1 Å². The van der Waals surface area contributed by atoms with Gasteiger partial charge in [0.05, 0.1) is 7.11 Å². The molecule has 5 rings (SSSR count). The van der Waals surface area contributed by atoms with Crippen LogP contribution in [0.2, 0.25) is 0 Å². The van der Waals surface area contributed by atoms with Gasteiger partial charge in [-0.05, 0) is 23.6 Å². The van der Waals surface area contributed by atoms with E-state index in [1.165, 1.54) is 7.11 Å². The highest BCUT2D eigenvalue weighted by Gasteiger charge is 2.39. The SMILES string of the molecule is COc1nc(NCc2cccc3c2CN(C2CCC(=O)NC2=O)C3=O)nc(C2CNC2)n1. The van der Waals surface area contributed by atoms with Gasteiger partial charge >= 0.3 is 6.01 Å². The fraction of sp³-hybridized carbons (Fsp3) is 0.429. The predicted molar refractivity (Wildman–Crippen MR) is 112 cm³/mol. The number of ether oxygens (including phenoxy) is 1. The molecule has 0 aliphatic carbocycles. The van der Waals surface area contributed by atoms with Gasteiger partial charge in [0.2, 0.25) is 17.8 Å². The lowest BCUT2D eigenvalue weighted by Crippen LogP contribution is -2.52. The van der Waals surface area contributed by atoms with Gasteiger partial charge in [0.15, 0.2) is 0 Å². The molecule has 3 aliphatic heterocycles. The number of rotatable bonds is 6. The highest BCUT2D eigenvalue weighted by molar-refractivity contribution is 6.05. The number of methoxy groups -OCH3 is 1. The zero-order chi connectivity index (χ0) is 22.2. The first-order chi connectivity index (χ1) is 15.5. The van der Waals surface area contributed by atoms with E-state index in [4.69, 9.17) is 4.74 Å². The molecule has 2 saturated heterocycles. The van der Waals surface area contributed by atoms with Crippen molar-refractivity contribution in [1.29, 1.82) is 0 Å². The van der Waals surface area contributed by atoms with Crippen molar-refractivity contribution >= 4 is 23.7 Å². The van der Waals surface area contributed by atoms with Crippen LogP contribution in [0.25, 0.3) is 0 Å². The molecule has 2 fully saturated rings. The first-order valence-corrected chi connectivity index (χ1v) is 10.5. The Hall–Kier alpha value is -3.60. The van der Waals surface area contributed by atoms with Crippen molar-refractivity contribution in [2.75, 3.05) is 25.5 Å². The van der Waals surface area contributed by atoms with Crippen molar-refractivity contribution in [2.45, 2.75) is 37.9 Å². The minimum atomic E-state index is -0.639. The van der Waals surface area contributed by atoms with E-state index in [-0.39, 0.29) is 30.2 Å². The summed E-state index contributed by atoms with van der Waals surface area (Å²) in [6.07, 6.45) is 0.562. The van der Waals surface area contributed by atoms with Gasteiger partial charge in [0, 0.05) is 44.1 Å². The number of anilines is 1. The maximum Gasteiger partial charge on any atom is 0.321 e. The van der Waals surface area contributed by atoms with Crippen LogP contribution in [0.4, 0.5) is 5.95 Å². The van der Waals surface area contributed by atoms with Gasteiger partial charge in [-0.25, -0.2) is 0 Å². The number of hydrogen-bond donors (Lipinski definition) is 3. The van der Waals surface area contributed by atoms with E-state index >= 15 is 0 Å². The monoisotopic (exact) mass is 437 g/mol. The Morgan fingerprint density at radius 3 is 2.75 bits per heavy atom. The summed E-state index contributed by atoms with van der Waals surface area (Å²) in [5.74, 6) is 0.395. The number of nitrogens with one attached hydrogen (secondary N) is 3. The summed E-state index contributed by atoms with van der Waals surface area (Å²) in [6.45, 7) is 2.35. The summed E-state index contributed by atoms with van der Waals surface area (Å²) in [5.41, 5.74) is 2.35. The summed E-state index contributed by atoms with van der Waals surface area (Å²) in [7, 11) is 1.52. The Balaban J connectivity index is 1.34. The minimum absolute atomic E-state index is 0.196. The molecule has 166 valence electrons. The van der Waals surface area contributed by atoms with Crippen LogP contribution in [-0.2, 0) is 22.7 Å². The van der Waals surface area contributed by atoms with Gasteiger partial charge in [0.25, 0.3) is 5.91 Å². The van der Waals surface area contributed by atoms with Gasteiger partial charge < -0.3 is 20.3 Å². The molecule has 0 spiro atoms. The average molecular weight is 437 g/mol. The van der Waals surface area contributed by atoms with Crippen LogP contribution in [0.1, 0.15) is 46.1 Å². The second-order valence-electron chi connectivity index (χ2n) is 8.06. The number of carbonyl (C=O) groups excluding carboxylic acids is 3. The zero-order valence-corrected chi connectivity index (χ0v) is 17.6. The van der Waals surface area contributed by atoms with Crippen LogP contribution in [0.3, 0.4) is 0 Å². The Morgan fingerprint density at radius 1 is 1.19 bits per heavy atom. The van der Waals surface area contributed by atoms with Crippen LogP contribution in [0.5, 0.6) is 6.01 Å². The normalized spacial score (nSPS) is 20.6. The number of hydrogen-bond acceptors (Lipinski definition) is 9. The van der Waals surface area contributed by atoms with E-state index in [1.807, 2.05) is 12.1 Å². The molecule has 3 aliphatic rings. The largest absolute Gasteiger partial charge is 0.467 e. The number of carbonyl (C=O) groups is 3. The van der Waals surface area contributed by atoms with Gasteiger partial charge in [0.1, 0.15) is 11.9 Å². The summed E-state index contributed by atoms with van der Waals surface area (Å²) in [6, 6.07) is 5.13. The maximum atomic E-state index is 13.0. The standard InChI is InChI=1S/C21H23N7O4/c1-32-21-26-17(12-7-22-8-12)25-20(27-21)23-9-11-3-2-4-13-14(11)10-28(19(13)31)15-5-6-16(29)24-18(15)30/h2-4,12,15,22H,5-10H2,1H3,(H,24,29,30)(H,23,25,26,27). The van der Waals surface area contributed by atoms with E-state index in [0.29, 0.717) is 36.8 Å². The number of piperidine rings is 1. The van der Waals surface area contributed by atoms with E-state index in [1.54, 1.807) is 11.0 Å². The highest BCUT2D eigenvalue weighted by atomic mass is 16.5. The molecule has 3 amide bonds. The summed E-state index contributed by atoms with van der Waals surface area (Å²) < 4.78 is 5.22. The van der Waals surface area contributed by atoms with Crippen molar-refractivity contribution in [3.63, 3.8) is 0 Å². The van der Waals surface area contributed by atoms with Gasteiger partial charge in [-0.1, -0.05) is 12.1 Å². The minimum Gasteiger partial charge on any atom is -0.467 e. The molecule has 0 saturated carbocycles. The van der Waals surface area contributed by atoms with Crippen LogP contribution >= 0.6 is 0 Å². The van der Waals surface area contributed by atoms with Crippen molar-refractivity contribution in [1.82, 2.24) is 30.5 Å². The van der Waals surface area contributed by atoms with Crippen LogP contribution in [-0.4, -0.2) is 63.8 Å². The number of nitrogens with zero attached hydrogens (tertiary/aromatic N) is 4. The summed E-state index contributed by atoms with van der Waals surface area (Å²) in [4.78, 5) is 51.4. The quantitative estimate of drug-likeness (QED) is 0.531. The fourth-order valence-corrected chi connectivity index (χ4v) is 4.19. The molecule has 4 heterocycles. The lowest BCUT2D eigenvalue weighted by molar-refractivity contribution is -0.136. The first kappa shape index (κ1) is 20.3. The molecule has 11 heteroatoms. The second kappa shape index (κ2) is 8.15. The molecule has 0 bridgehead atoms. The Bertz CT molecular complexity index is 1100. The smallest absolute Gasteiger partial charge is 0.321 e. The molecule has 3 N–H and O–H groups in total. The fourth-order valence-electron chi connectivity index (χ4n) is 4.19. The number of imide groups is 1. The third-order valence-corrected chi connectivity index (χ3v) is 6.08. The number of benzene rings is 1. The van der Waals surface area contributed by atoms with Gasteiger partial charge in [-0.15, -0.1) is 0 Å². The van der Waals surface area contributed by atoms with Crippen molar-refractivity contribution in [3.8, 4) is 6.01 Å². The molecule has 1 aromatic carbocycles. The Labute approximate surface area is 184 Å². The van der Waals surface area contributed by atoms with Crippen LogP contribution in [0.15, 0.2) is 18.2 Å². The molecule has 1 unspecified atom stereocenters. The lowest BCUT2D eigenvalue weighted by Gasteiger charge is -2.29. The molecule has 32 heavy (non-hydrogen) atoms. The second-order valence-corrected chi connectivity index (χ2v) is 8.06. The van der Waals surface area contributed by atoms with Crippen molar-refractivity contribution in [3.05, 3.63) is 40.7 Å². The van der Waals surface area contributed by atoms with Crippen LogP contribution in [0, 0.1) is 0 Å². The molecule has 1 aromatic heterocycles. The third kappa shape index (κ3) is 3.64. The van der Waals surface area contributed by atoms with E-state index < -0.39 is 11.9 Å². The highest BCUT2D eigenvalue weighted by Crippen LogP contribution is 2.30. The molecule has 11 nitrogen and oxygen atoms in total. The van der Waals surface area contributed by atoms with Gasteiger partial charge in [-0.2, -0.15) is 15.0 Å². The average Bonchev–Trinajstić information content (AvgIpc) is 3.08. The van der Waals surface area contributed by atoms with E-state index in [9.17, 15) is 14.4 Å². The first-order valence-electron chi connectivity index (χ1n) is 10.5. The molecule has 1 atom stereocenters. The van der Waals surface area contributed by atoms with Crippen molar-refractivity contribution in [2.24, 2.45) is 0 Å². The lowest BCUT2D eigenvalue weighted by atomic mass is 10.0. The zero-order valence-electron chi connectivity index (χ0n) is 17.6.